The molecule has 0 saturated carbocycles. The molecule has 2 aromatic rings. The summed E-state index contributed by atoms with van der Waals surface area (Å²) >= 11 is 0. The average molecular weight is 280 g/mol. The zero-order valence-electron chi connectivity index (χ0n) is 11.3. The van der Waals surface area contributed by atoms with E-state index < -0.39 is 5.66 Å². The van der Waals surface area contributed by atoms with Crippen LogP contribution in [0.2, 0.25) is 0 Å². The standard InChI is InChI=1S/C16H13N3O2/c20-15-17-16(18-19(15)12-6-2-1-3-7-12)10-11-21-14-9-5-4-8-13(14)16/h1-9H,10-11H2/p+1. The van der Waals surface area contributed by atoms with Gasteiger partial charge in [-0.05, 0) is 24.3 Å². The van der Waals surface area contributed by atoms with Crippen molar-refractivity contribution in [1.29, 1.82) is 0 Å². The van der Waals surface area contributed by atoms with Gasteiger partial charge >= 0.3 is 6.03 Å². The van der Waals surface area contributed by atoms with Crippen LogP contribution in [0.3, 0.4) is 0 Å². The predicted octanol–water partition coefficient (Wildman–Crippen LogP) is 3.14. The average Bonchev–Trinajstić information content (AvgIpc) is 2.86. The molecule has 1 N–H and O–H groups in total. The van der Waals surface area contributed by atoms with Gasteiger partial charge in [0.1, 0.15) is 5.75 Å². The van der Waals surface area contributed by atoms with Crippen molar-refractivity contribution in [2.24, 2.45) is 5.11 Å². The van der Waals surface area contributed by atoms with E-state index in [4.69, 9.17) is 4.74 Å². The third-order valence-corrected chi connectivity index (χ3v) is 3.83. The van der Waals surface area contributed by atoms with Gasteiger partial charge in [-0.2, -0.15) is 4.79 Å². The molecule has 0 saturated heterocycles. The highest BCUT2D eigenvalue weighted by atomic mass is 16.5. The van der Waals surface area contributed by atoms with Crippen LogP contribution in [-0.4, -0.2) is 17.3 Å². The number of para-hydroxylation sites is 2. The van der Waals surface area contributed by atoms with Crippen molar-refractivity contribution < 1.29 is 14.2 Å². The Hall–Kier alpha value is -2.69. The molecule has 0 radical (unpaired) electrons. The normalized spacial score (nSPS) is 23.2. The van der Waals surface area contributed by atoms with Crippen LogP contribution >= 0.6 is 0 Å². The Morgan fingerprint density at radius 2 is 1.86 bits per heavy atom. The van der Waals surface area contributed by atoms with Crippen molar-refractivity contribution in [3.8, 4) is 5.75 Å². The van der Waals surface area contributed by atoms with Gasteiger partial charge in [-0.3, -0.25) is 0 Å². The largest absolute Gasteiger partial charge is 0.519 e. The van der Waals surface area contributed by atoms with Crippen molar-refractivity contribution in [3.63, 3.8) is 0 Å². The minimum Gasteiger partial charge on any atom is -0.493 e. The van der Waals surface area contributed by atoms with Crippen LogP contribution < -0.4 is 10.1 Å². The molecule has 1 spiro atoms. The summed E-state index contributed by atoms with van der Waals surface area (Å²) < 4.78 is 7.09. The van der Waals surface area contributed by atoms with E-state index in [2.05, 4.69) is 10.4 Å². The number of amides is 2. The van der Waals surface area contributed by atoms with Crippen LogP contribution in [0.15, 0.2) is 59.7 Å². The summed E-state index contributed by atoms with van der Waals surface area (Å²) in [5, 5.41) is 7.68. The molecule has 1 unspecified atom stereocenters. The zero-order chi connectivity index (χ0) is 14.3. The van der Waals surface area contributed by atoms with Gasteiger partial charge in [-0.25, -0.2) is 5.32 Å². The van der Waals surface area contributed by atoms with Crippen molar-refractivity contribution in [2.75, 3.05) is 6.61 Å². The van der Waals surface area contributed by atoms with Gasteiger partial charge < -0.3 is 4.74 Å². The van der Waals surface area contributed by atoms with Crippen molar-refractivity contribution in [2.45, 2.75) is 12.1 Å². The number of nitrogens with one attached hydrogen (secondary N) is 1. The lowest BCUT2D eigenvalue weighted by molar-refractivity contribution is -0.404. The van der Waals surface area contributed by atoms with Crippen LogP contribution in [0, 0.1) is 0 Å². The van der Waals surface area contributed by atoms with E-state index in [1.54, 1.807) is 0 Å². The van der Waals surface area contributed by atoms with Crippen molar-refractivity contribution >= 4 is 11.7 Å². The highest BCUT2D eigenvalue weighted by Gasteiger charge is 2.52. The summed E-state index contributed by atoms with van der Waals surface area (Å²) in [6.07, 6.45) is 0.624. The first-order valence-electron chi connectivity index (χ1n) is 6.91. The molecular weight excluding hydrogens is 266 g/mol. The Bertz CT molecular complexity index is 742. The van der Waals surface area contributed by atoms with Crippen molar-refractivity contribution in [3.05, 3.63) is 60.2 Å². The first-order valence-corrected chi connectivity index (χ1v) is 6.91. The van der Waals surface area contributed by atoms with Gasteiger partial charge in [0.2, 0.25) is 0 Å². The zero-order valence-corrected chi connectivity index (χ0v) is 11.3. The SMILES string of the molecule is O=C1NC2(CCOc3ccccc32)N=[N+]1c1ccccc1. The molecule has 0 bridgehead atoms. The lowest BCUT2D eigenvalue weighted by Gasteiger charge is -2.27. The Kier molecular flexibility index (Phi) is 2.54. The van der Waals surface area contributed by atoms with Gasteiger partial charge in [0.25, 0.3) is 5.66 Å². The summed E-state index contributed by atoms with van der Waals surface area (Å²) in [6, 6.07) is 16.9. The number of azo groups is 2. The van der Waals surface area contributed by atoms with E-state index in [1.807, 2.05) is 54.6 Å². The molecule has 5 heteroatoms. The monoisotopic (exact) mass is 280 g/mol. The van der Waals surface area contributed by atoms with Crippen molar-refractivity contribution in [1.82, 2.24) is 5.32 Å². The summed E-state index contributed by atoms with van der Waals surface area (Å²) in [5.41, 5.74) is 0.945. The Morgan fingerprint density at radius 3 is 2.71 bits per heavy atom. The van der Waals surface area contributed by atoms with Crippen LogP contribution in [-0.2, 0) is 5.66 Å². The first kappa shape index (κ1) is 12.1. The second-order valence-corrected chi connectivity index (χ2v) is 5.13. The smallest absolute Gasteiger partial charge is 0.493 e. The number of carbonyl (C=O) groups excluding carboxylic acids is 1. The maximum atomic E-state index is 12.3. The lowest BCUT2D eigenvalue weighted by Crippen LogP contribution is -2.43. The minimum atomic E-state index is -0.720. The van der Waals surface area contributed by atoms with E-state index in [0.717, 1.165) is 17.0 Å². The highest BCUT2D eigenvalue weighted by molar-refractivity contribution is 5.71. The number of nitrogens with zero attached hydrogens (tertiary/aromatic N) is 2. The highest BCUT2D eigenvalue weighted by Crippen LogP contribution is 2.41. The molecule has 0 aliphatic carbocycles. The quantitative estimate of drug-likeness (QED) is 0.816. The maximum absolute atomic E-state index is 12.3. The summed E-state index contributed by atoms with van der Waals surface area (Å²) in [4.78, 5) is 12.3. The predicted molar refractivity (Wildman–Crippen MR) is 75.6 cm³/mol. The maximum Gasteiger partial charge on any atom is 0.519 e. The number of benzene rings is 2. The number of carbonyl (C=O) groups is 1. The van der Waals surface area contributed by atoms with Crippen LogP contribution in [0.5, 0.6) is 5.75 Å². The molecule has 4 rings (SSSR count). The number of rotatable bonds is 1. The number of urea groups is 1. The molecular formula is C16H14N3O2+. The van der Waals surface area contributed by atoms with Crippen LogP contribution in [0.25, 0.3) is 0 Å². The Balaban J connectivity index is 1.85. The second-order valence-electron chi connectivity index (χ2n) is 5.13. The van der Waals surface area contributed by atoms with E-state index in [1.165, 1.54) is 4.70 Å². The third kappa shape index (κ3) is 1.81. The third-order valence-electron chi connectivity index (χ3n) is 3.83. The van der Waals surface area contributed by atoms with Crippen LogP contribution in [0.4, 0.5) is 10.5 Å². The lowest BCUT2D eigenvalue weighted by atomic mass is 9.94. The molecule has 0 fully saturated rings. The summed E-state index contributed by atoms with van der Waals surface area (Å²) in [5.74, 6) is 0.780. The first-order chi connectivity index (χ1) is 10.3. The summed E-state index contributed by atoms with van der Waals surface area (Å²) in [6.45, 7) is 0.531. The van der Waals surface area contributed by atoms with Crippen LogP contribution in [0.1, 0.15) is 12.0 Å². The molecule has 0 aromatic heterocycles. The van der Waals surface area contributed by atoms with Gasteiger partial charge in [-0.15, -0.1) is 0 Å². The van der Waals surface area contributed by atoms with Gasteiger partial charge in [0.05, 0.1) is 18.6 Å². The molecule has 2 heterocycles. The minimum absolute atomic E-state index is 0.210. The Morgan fingerprint density at radius 1 is 1.10 bits per heavy atom. The fraction of sp³-hybridized carbons (Fsp3) is 0.188. The van der Waals surface area contributed by atoms with E-state index in [9.17, 15) is 4.79 Å². The molecule has 21 heavy (non-hydrogen) atoms. The second kappa shape index (κ2) is 4.41. The molecule has 5 nitrogen and oxygen atoms in total. The van der Waals surface area contributed by atoms with E-state index in [0.29, 0.717) is 13.0 Å². The molecule has 2 aliphatic rings. The molecule has 2 aromatic carbocycles. The molecule has 104 valence electrons. The fourth-order valence-electron chi connectivity index (χ4n) is 2.83. The molecule has 2 aliphatic heterocycles. The fourth-order valence-corrected chi connectivity index (χ4v) is 2.83. The molecule has 2 amide bonds. The van der Waals surface area contributed by atoms with Gasteiger partial charge in [0, 0.05) is 0 Å². The van der Waals surface area contributed by atoms with Gasteiger partial charge in [0.15, 0.2) is 5.69 Å². The number of hydrogen-bond donors (Lipinski definition) is 1. The van der Waals surface area contributed by atoms with E-state index >= 15 is 0 Å². The number of fused-ring (bicyclic) bond motifs is 2. The number of hydrogen-bond acceptors (Lipinski definition) is 3. The summed E-state index contributed by atoms with van der Waals surface area (Å²) in [7, 11) is 0. The molecule has 1 atom stereocenters. The van der Waals surface area contributed by atoms with Gasteiger partial charge in [-0.1, -0.05) is 40.1 Å². The topological polar surface area (TPSA) is 53.7 Å². The Labute approximate surface area is 121 Å². The number of ether oxygens (including phenoxy) is 1. The van der Waals surface area contributed by atoms with E-state index in [-0.39, 0.29) is 6.03 Å².